The molecule has 1 aromatic heterocycles. The van der Waals surface area contributed by atoms with Crippen molar-refractivity contribution in [1.82, 2.24) is 4.98 Å². The summed E-state index contributed by atoms with van der Waals surface area (Å²) in [5.41, 5.74) is 0.506. The van der Waals surface area contributed by atoms with Crippen molar-refractivity contribution in [3.63, 3.8) is 0 Å². The lowest BCUT2D eigenvalue weighted by molar-refractivity contribution is -0.384. The van der Waals surface area contributed by atoms with Crippen LogP contribution in [-0.4, -0.2) is 22.9 Å². The first-order valence-corrected chi connectivity index (χ1v) is 5.38. The topological polar surface area (TPSA) is 97.3 Å². The van der Waals surface area contributed by atoms with Gasteiger partial charge in [0.15, 0.2) is 0 Å². The molecule has 2 N–H and O–H groups in total. The molecule has 19 heavy (non-hydrogen) atoms. The van der Waals surface area contributed by atoms with Crippen LogP contribution in [0.1, 0.15) is 10.5 Å². The largest absolute Gasteiger partial charge is 0.497 e. The van der Waals surface area contributed by atoms with Crippen LogP contribution in [0.3, 0.4) is 0 Å². The SMILES string of the molecule is COc1cccc(NC(=O)c2cc([N+](=O)[O-])c[nH]2)c1. The Balaban J connectivity index is 2.13. The number of nitrogens with zero attached hydrogens (tertiary/aromatic N) is 1. The van der Waals surface area contributed by atoms with E-state index in [9.17, 15) is 14.9 Å². The second-order valence-electron chi connectivity index (χ2n) is 3.71. The van der Waals surface area contributed by atoms with E-state index < -0.39 is 10.8 Å². The minimum absolute atomic E-state index is 0.120. The molecule has 1 aromatic carbocycles. The number of anilines is 1. The van der Waals surface area contributed by atoms with Crippen LogP contribution in [0.15, 0.2) is 36.5 Å². The third-order valence-corrected chi connectivity index (χ3v) is 2.45. The monoisotopic (exact) mass is 261 g/mol. The molecule has 2 rings (SSSR count). The van der Waals surface area contributed by atoms with Gasteiger partial charge in [-0.05, 0) is 12.1 Å². The number of aromatic amines is 1. The molecule has 0 unspecified atom stereocenters. The molecule has 7 nitrogen and oxygen atoms in total. The lowest BCUT2D eigenvalue weighted by Gasteiger charge is -2.05. The number of ether oxygens (including phenoxy) is 1. The zero-order chi connectivity index (χ0) is 13.8. The van der Waals surface area contributed by atoms with Crippen LogP contribution >= 0.6 is 0 Å². The highest BCUT2D eigenvalue weighted by atomic mass is 16.6. The van der Waals surface area contributed by atoms with Crippen LogP contribution < -0.4 is 10.1 Å². The van der Waals surface area contributed by atoms with Crippen LogP contribution in [0.4, 0.5) is 11.4 Å². The molecule has 7 heteroatoms. The average molecular weight is 261 g/mol. The maximum Gasteiger partial charge on any atom is 0.287 e. The van der Waals surface area contributed by atoms with Crippen LogP contribution in [0.25, 0.3) is 0 Å². The number of carbonyl (C=O) groups is 1. The summed E-state index contributed by atoms with van der Waals surface area (Å²) in [6, 6.07) is 7.99. The van der Waals surface area contributed by atoms with E-state index in [-0.39, 0.29) is 11.4 Å². The summed E-state index contributed by atoms with van der Waals surface area (Å²) in [6.45, 7) is 0. The van der Waals surface area contributed by atoms with Gasteiger partial charge < -0.3 is 15.0 Å². The number of carbonyl (C=O) groups excluding carboxylic acids is 1. The third-order valence-electron chi connectivity index (χ3n) is 2.45. The Kier molecular flexibility index (Phi) is 3.46. The Morgan fingerprint density at radius 3 is 2.84 bits per heavy atom. The van der Waals surface area contributed by atoms with Crippen LogP contribution in [0.5, 0.6) is 5.75 Å². The predicted molar refractivity (Wildman–Crippen MR) is 68.4 cm³/mol. The van der Waals surface area contributed by atoms with E-state index in [1.807, 2.05) is 0 Å². The van der Waals surface area contributed by atoms with Crippen LogP contribution in [0.2, 0.25) is 0 Å². The van der Waals surface area contributed by atoms with Gasteiger partial charge in [-0.25, -0.2) is 0 Å². The number of amides is 1. The van der Waals surface area contributed by atoms with Crippen molar-refractivity contribution in [1.29, 1.82) is 0 Å². The summed E-state index contributed by atoms with van der Waals surface area (Å²) in [5.74, 6) is 0.150. The van der Waals surface area contributed by atoms with E-state index in [2.05, 4.69) is 10.3 Å². The molecular formula is C12H11N3O4. The van der Waals surface area contributed by atoms with E-state index in [1.54, 1.807) is 24.3 Å². The fraction of sp³-hybridized carbons (Fsp3) is 0.0833. The lowest BCUT2D eigenvalue weighted by atomic mass is 10.3. The summed E-state index contributed by atoms with van der Waals surface area (Å²) in [4.78, 5) is 24.3. The van der Waals surface area contributed by atoms with Gasteiger partial charge in [0.05, 0.1) is 18.2 Å². The Labute approximate surface area is 108 Å². The molecule has 1 heterocycles. The van der Waals surface area contributed by atoms with Crippen molar-refractivity contribution in [2.24, 2.45) is 0 Å². The molecule has 0 atom stereocenters. The normalized spacial score (nSPS) is 9.95. The first-order valence-electron chi connectivity index (χ1n) is 5.38. The first-order chi connectivity index (χ1) is 9.10. The van der Waals surface area contributed by atoms with Crippen molar-refractivity contribution < 1.29 is 14.5 Å². The number of nitro groups is 1. The Morgan fingerprint density at radius 2 is 2.21 bits per heavy atom. The van der Waals surface area contributed by atoms with Crippen LogP contribution in [0, 0.1) is 10.1 Å². The first kappa shape index (κ1) is 12.6. The molecule has 0 aliphatic heterocycles. The van der Waals surface area contributed by atoms with Gasteiger partial charge >= 0.3 is 0 Å². The molecule has 0 saturated heterocycles. The minimum atomic E-state index is -0.571. The van der Waals surface area contributed by atoms with Gasteiger partial charge in [0.25, 0.3) is 11.6 Å². The summed E-state index contributed by atoms with van der Waals surface area (Å²) >= 11 is 0. The summed E-state index contributed by atoms with van der Waals surface area (Å²) in [6.07, 6.45) is 1.17. The molecule has 0 aliphatic carbocycles. The third kappa shape index (κ3) is 2.89. The number of aromatic nitrogens is 1. The van der Waals surface area contributed by atoms with Crippen LogP contribution in [-0.2, 0) is 0 Å². The Morgan fingerprint density at radius 1 is 1.42 bits per heavy atom. The van der Waals surface area contributed by atoms with Gasteiger partial charge in [0, 0.05) is 17.8 Å². The maximum atomic E-state index is 11.8. The number of benzene rings is 1. The highest BCUT2D eigenvalue weighted by Crippen LogP contribution is 2.18. The zero-order valence-electron chi connectivity index (χ0n) is 10.0. The van der Waals surface area contributed by atoms with Gasteiger partial charge in [0.1, 0.15) is 11.4 Å². The van der Waals surface area contributed by atoms with Gasteiger partial charge in [-0.15, -0.1) is 0 Å². The molecule has 0 radical (unpaired) electrons. The second-order valence-corrected chi connectivity index (χ2v) is 3.71. The summed E-state index contributed by atoms with van der Waals surface area (Å²) in [5, 5.41) is 13.1. The molecule has 1 amide bonds. The maximum absolute atomic E-state index is 11.8. The van der Waals surface area contributed by atoms with E-state index >= 15 is 0 Å². The molecule has 0 fully saturated rings. The molecule has 0 spiro atoms. The summed E-state index contributed by atoms with van der Waals surface area (Å²) in [7, 11) is 1.52. The second kappa shape index (κ2) is 5.21. The van der Waals surface area contributed by atoms with Crippen molar-refractivity contribution in [3.05, 3.63) is 52.3 Å². The van der Waals surface area contributed by atoms with Gasteiger partial charge in [0.2, 0.25) is 0 Å². The number of hydrogen-bond acceptors (Lipinski definition) is 4. The fourth-order valence-electron chi connectivity index (χ4n) is 1.52. The van der Waals surface area contributed by atoms with Crippen molar-refractivity contribution >= 4 is 17.3 Å². The van der Waals surface area contributed by atoms with E-state index in [0.29, 0.717) is 11.4 Å². The van der Waals surface area contributed by atoms with Crippen molar-refractivity contribution in [3.8, 4) is 5.75 Å². The number of H-pyrrole nitrogens is 1. The van der Waals surface area contributed by atoms with E-state index in [4.69, 9.17) is 4.74 Å². The fourth-order valence-corrected chi connectivity index (χ4v) is 1.52. The average Bonchev–Trinajstić information content (AvgIpc) is 2.89. The van der Waals surface area contributed by atoms with Crippen molar-refractivity contribution in [2.45, 2.75) is 0 Å². The van der Waals surface area contributed by atoms with E-state index in [1.165, 1.54) is 19.4 Å². The summed E-state index contributed by atoms with van der Waals surface area (Å²) < 4.78 is 5.03. The predicted octanol–water partition coefficient (Wildman–Crippen LogP) is 2.18. The number of methoxy groups -OCH3 is 1. The lowest BCUT2D eigenvalue weighted by Crippen LogP contribution is -2.12. The molecule has 0 aliphatic rings. The van der Waals surface area contributed by atoms with Gasteiger partial charge in [-0.1, -0.05) is 6.07 Å². The number of rotatable bonds is 4. The molecule has 0 bridgehead atoms. The Hall–Kier alpha value is -2.83. The van der Waals surface area contributed by atoms with Gasteiger partial charge in [-0.3, -0.25) is 14.9 Å². The Bertz CT molecular complexity index is 621. The molecule has 2 aromatic rings. The van der Waals surface area contributed by atoms with Crippen molar-refractivity contribution in [2.75, 3.05) is 12.4 Å². The smallest absolute Gasteiger partial charge is 0.287 e. The number of hydrogen-bond donors (Lipinski definition) is 2. The van der Waals surface area contributed by atoms with E-state index in [0.717, 1.165) is 0 Å². The highest BCUT2D eigenvalue weighted by Gasteiger charge is 2.14. The zero-order valence-corrected chi connectivity index (χ0v) is 10.0. The number of nitrogens with one attached hydrogen (secondary N) is 2. The highest BCUT2D eigenvalue weighted by molar-refractivity contribution is 6.03. The molecule has 0 saturated carbocycles. The van der Waals surface area contributed by atoms with Gasteiger partial charge in [-0.2, -0.15) is 0 Å². The minimum Gasteiger partial charge on any atom is -0.497 e. The quantitative estimate of drug-likeness (QED) is 0.651. The standard InChI is InChI=1S/C12H11N3O4/c1-19-10-4-2-3-8(5-10)14-12(16)11-6-9(7-13-11)15(17)18/h2-7,13H,1H3,(H,14,16). The molecular weight excluding hydrogens is 250 g/mol. The molecule has 98 valence electrons.